The van der Waals surface area contributed by atoms with Crippen LogP contribution >= 0.6 is 11.6 Å². The van der Waals surface area contributed by atoms with Crippen molar-refractivity contribution < 1.29 is 32.2 Å². The number of hydrogen-bond donors (Lipinski definition) is 1. The number of sulfonamides is 1. The molecular weight excluding hydrogens is 606 g/mol. The van der Waals surface area contributed by atoms with Crippen molar-refractivity contribution in [3.63, 3.8) is 0 Å². The zero-order valence-corrected chi connectivity index (χ0v) is 27.3. The summed E-state index contributed by atoms with van der Waals surface area (Å²) in [6.45, 7) is 3.68. The number of amides is 2. The molecule has 0 aromatic heterocycles. The van der Waals surface area contributed by atoms with Gasteiger partial charge in [-0.15, -0.1) is 0 Å². The number of carbonyl (C=O) groups excluding carboxylic acids is 2. The van der Waals surface area contributed by atoms with E-state index in [-0.39, 0.29) is 39.6 Å². The normalized spacial score (nSPS) is 11.8. The Morgan fingerprint density at radius 1 is 0.909 bits per heavy atom. The van der Waals surface area contributed by atoms with Crippen LogP contribution in [0.5, 0.6) is 17.2 Å². The summed E-state index contributed by atoms with van der Waals surface area (Å²) in [7, 11) is -0.178. The van der Waals surface area contributed by atoms with Crippen molar-refractivity contribution in [2.45, 2.75) is 44.0 Å². The van der Waals surface area contributed by atoms with E-state index in [0.29, 0.717) is 18.7 Å². The Balaban J connectivity index is 2.07. The molecule has 1 N–H and O–H groups in total. The first-order valence-electron chi connectivity index (χ1n) is 14.3. The predicted molar refractivity (Wildman–Crippen MR) is 171 cm³/mol. The van der Waals surface area contributed by atoms with Crippen LogP contribution in [-0.2, 0) is 26.0 Å². The molecule has 0 aliphatic heterocycles. The number of methoxy groups -OCH3 is 3. The second-order valence-electron chi connectivity index (χ2n) is 9.99. The molecule has 0 aliphatic rings. The molecule has 3 aromatic rings. The fraction of sp³-hybridized carbons (Fsp3) is 0.375. The van der Waals surface area contributed by atoms with E-state index in [0.717, 1.165) is 22.7 Å². The van der Waals surface area contributed by atoms with Crippen LogP contribution in [0.4, 0.5) is 5.69 Å². The summed E-state index contributed by atoms with van der Waals surface area (Å²) in [5.74, 6) is -0.184. The van der Waals surface area contributed by atoms with Crippen LogP contribution in [0.3, 0.4) is 0 Å². The molecule has 0 aliphatic carbocycles. The first kappa shape index (κ1) is 34.5. The average molecular weight is 646 g/mol. The third-order valence-corrected chi connectivity index (χ3v) is 9.10. The molecule has 10 nitrogen and oxygen atoms in total. The van der Waals surface area contributed by atoms with E-state index < -0.39 is 28.5 Å². The molecule has 2 amide bonds. The Labute approximate surface area is 264 Å². The van der Waals surface area contributed by atoms with Crippen molar-refractivity contribution in [2.75, 3.05) is 45.3 Å². The van der Waals surface area contributed by atoms with Crippen molar-refractivity contribution in [1.82, 2.24) is 10.2 Å². The fourth-order valence-electron chi connectivity index (χ4n) is 4.58. The molecule has 0 heterocycles. The lowest BCUT2D eigenvalue weighted by Gasteiger charge is -2.32. The third kappa shape index (κ3) is 8.57. The minimum absolute atomic E-state index is 0.0613. The molecule has 0 saturated carbocycles. The zero-order valence-electron chi connectivity index (χ0n) is 25.7. The average Bonchev–Trinajstić information content (AvgIpc) is 3.03. The van der Waals surface area contributed by atoms with Crippen LogP contribution in [0.2, 0.25) is 5.02 Å². The van der Waals surface area contributed by atoms with E-state index in [2.05, 4.69) is 5.32 Å². The van der Waals surface area contributed by atoms with Gasteiger partial charge in [-0.25, -0.2) is 8.42 Å². The van der Waals surface area contributed by atoms with Crippen LogP contribution in [0.15, 0.2) is 71.6 Å². The number of halogens is 1. The first-order chi connectivity index (χ1) is 21.1. The quantitative estimate of drug-likeness (QED) is 0.220. The Bertz CT molecular complexity index is 1520. The van der Waals surface area contributed by atoms with Crippen molar-refractivity contribution in [2.24, 2.45) is 0 Å². The van der Waals surface area contributed by atoms with Gasteiger partial charge in [0.1, 0.15) is 18.3 Å². The number of benzene rings is 3. The molecule has 0 radical (unpaired) electrons. The van der Waals surface area contributed by atoms with Crippen LogP contribution in [0.1, 0.15) is 32.3 Å². The lowest BCUT2D eigenvalue weighted by atomic mass is 10.1. The van der Waals surface area contributed by atoms with Crippen molar-refractivity contribution in [3.8, 4) is 17.2 Å². The Morgan fingerprint density at radius 2 is 1.57 bits per heavy atom. The third-order valence-electron chi connectivity index (χ3n) is 7.11. The molecule has 1 atom stereocenters. The Kier molecular flexibility index (Phi) is 12.7. The number of ether oxygens (including phenoxy) is 3. The number of hydrogen-bond acceptors (Lipinski definition) is 7. The summed E-state index contributed by atoms with van der Waals surface area (Å²) < 4.78 is 45.6. The fourth-order valence-corrected chi connectivity index (χ4v) is 6.18. The van der Waals surface area contributed by atoms with Gasteiger partial charge < -0.3 is 24.4 Å². The summed E-state index contributed by atoms with van der Waals surface area (Å²) in [4.78, 5) is 28.5. The lowest BCUT2D eigenvalue weighted by molar-refractivity contribution is -0.138. The molecule has 3 rings (SSSR count). The summed E-state index contributed by atoms with van der Waals surface area (Å²) in [5.41, 5.74) is 1.03. The van der Waals surface area contributed by atoms with Gasteiger partial charge >= 0.3 is 0 Å². The molecule has 238 valence electrons. The van der Waals surface area contributed by atoms with E-state index in [1.54, 1.807) is 13.0 Å². The van der Waals surface area contributed by atoms with Gasteiger partial charge in [0.25, 0.3) is 10.0 Å². The highest BCUT2D eigenvalue weighted by Gasteiger charge is 2.34. The molecule has 12 heteroatoms. The predicted octanol–water partition coefficient (Wildman–Crippen LogP) is 4.94. The second-order valence-corrected chi connectivity index (χ2v) is 12.3. The number of nitrogens with zero attached hydrogens (tertiary/aromatic N) is 2. The van der Waals surface area contributed by atoms with Crippen molar-refractivity contribution in [1.29, 1.82) is 0 Å². The monoisotopic (exact) mass is 645 g/mol. The minimum atomic E-state index is -4.41. The van der Waals surface area contributed by atoms with Gasteiger partial charge in [0.15, 0.2) is 11.5 Å². The molecule has 0 bridgehead atoms. The van der Waals surface area contributed by atoms with Gasteiger partial charge in [-0.05, 0) is 55.7 Å². The van der Waals surface area contributed by atoms with E-state index in [9.17, 15) is 18.0 Å². The van der Waals surface area contributed by atoms with E-state index in [1.165, 1.54) is 56.6 Å². The Hall–Kier alpha value is -3.96. The minimum Gasteiger partial charge on any atom is -0.495 e. The van der Waals surface area contributed by atoms with Crippen LogP contribution in [0.25, 0.3) is 0 Å². The molecule has 0 saturated heterocycles. The maximum Gasteiger partial charge on any atom is 0.265 e. The number of unbranched alkanes of at least 4 members (excludes halogenated alkanes) is 1. The van der Waals surface area contributed by atoms with Crippen molar-refractivity contribution in [3.05, 3.63) is 77.3 Å². The van der Waals surface area contributed by atoms with Gasteiger partial charge in [0.2, 0.25) is 11.8 Å². The summed E-state index contributed by atoms with van der Waals surface area (Å²) >= 11 is 6.31. The SMILES string of the molecule is CCCCNC(=O)[C@H](C)N(CCc1ccccc1)C(=O)CN(c1cc(Cl)ccc1OC)S(=O)(=O)c1ccc(OC)c(OC)c1. The van der Waals surface area contributed by atoms with Gasteiger partial charge in [-0.1, -0.05) is 55.3 Å². The lowest BCUT2D eigenvalue weighted by Crippen LogP contribution is -2.52. The topological polar surface area (TPSA) is 114 Å². The van der Waals surface area contributed by atoms with Gasteiger partial charge in [-0.3, -0.25) is 13.9 Å². The van der Waals surface area contributed by atoms with Gasteiger partial charge in [-0.2, -0.15) is 0 Å². The van der Waals surface area contributed by atoms with E-state index >= 15 is 0 Å². The maximum absolute atomic E-state index is 14.3. The summed E-state index contributed by atoms with van der Waals surface area (Å²) in [6.07, 6.45) is 2.15. The molecule has 0 spiro atoms. The van der Waals surface area contributed by atoms with Gasteiger partial charge in [0.05, 0.1) is 31.9 Å². The van der Waals surface area contributed by atoms with E-state index in [4.69, 9.17) is 25.8 Å². The molecule has 0 unspecified atom stereocenters. The number of nitrogens with one attached hydrogen (secondary N) is 1. The van der Waals surface area contributed by atoms with Crippen LogP contribution in [0, 0.1) is 0 Å². The molecule has 44 heavy (non-hydrogen) atoms. The van der Waals surface area contributed by atoms with Crippen LogP contribution in [-0.4, -0.2) is 72.1 Å². The maximum atomic E-state index is 14.3. The zero-order chi connectivity index (χ0) is 32.3. The number of rotatable bonds is 16. The largest absolute Gasteiger partial charge is 0.495 e. The number of anilines is 1. The van der Waals surface area contributed by atoms with Gasteiger partial charge in [0, 0.05) is 24.2 Å². The number of carbonyl (C=O) groups is 2. The molecule has 0 fully saturated rings. The highest BCUT2D eigenvalue weighted by molar-refractivity contribution is 7.92. The molecular formula is C32H40ClN3O7S. The Morgan fingerprint density at radius 3 is 2.20 bits per heavy atom. The van der Waals surface area contributed by atoms with E-state index in [1.807, 2.05) is 37.3 Å². The highest BCUT2D eigenvalue weighted by atomic mass is 35.5. The summed E-state index contributed by atoms with van der Waals surface area (Å²) in [5, 5.41) is 3.12. The smallest absolute Gasteiger partial charge is 0.265 e. The second kappa shape index (κ2) is 16.2. The van der Waals surface area contributed by atoms with Crippen LogP contribution < -0.4 is 23.8 Å². The summed E-state index contributed by atoms with van der Waals surface area (Å²) in [6, 6.07) is 17.3. The standard InChI is InChI=1S/C32H40ClN3O7S/c1-6-7-18-34-32(38)23(2)35(19-17-24-11-9-8-10-12-24)31(37)22-36(27-20-25(33)13-15-28(27)41-3)44(39,40)26-14-16-29(42-4)30(21-26)43-5/h8-16,20-21,23H,6-7,17-19,22H2,1-5H3,(H,34,38)/t23-/m0/s1. The molecule has 3 aromatic carbocycles. The highest BCUT2D eigenvalue weighted by Crippen LogP contribution is 2.37. The first-order valence-corrected chi connectivity index (χ1v) is 16.1. The van der Waals surface area contributed by atoms with Crippen molar-refractivity contribution >= 4 is 39.1 Å².